The topological polar surface area (TPSA) is 194 Å². The first-order chi connectivity index (χ1) is 22.0. The zero-order valence-electron chi connectivity index (χ0n) is 25.8. The molecule has 2 amide bonds. The number of amides is 2. The van der Waals surface area contributed by atoms with Gasteiger partial charge in [0.2, 0.25) is 3.79 Å². The third kappa shape index (κ3) is 12.3. The Labute approximate surface area is 286 Å². The van der Waals surface area contributed by atoms with Gasteiger partial charge < -0.3 is 48.9 Å². The van der Waals surface area contributed by atoms with Crippen LogP contribution in [-0.4, -0.2) is 95.2 Å². The van der Waals surface area contributed by atoms with E-state index in [0.29, 0.717) is 5.56 Å². The van der Waals surface area contributed by atoms with Gasteiger partial charge in [-0.3, -0.25) is 14.4 Å². The van der Waals surface area contributed by atoms with Crippen molar-refractivity contribution in [3.8, 4) is 0 Å². The van der Waals surface area contributed by atoms with E-state index in [1.807, 2.05) is 0 Å². The van der Waals surface area contributed by atoms with Crippen molar-refractivity contribution in [1.29, 1.82) is 0 Å². The molecule has 0 aromatic heterocycles. The van der Waals surface area contributed by atoms with E-state index in [-0.39, 0.29) is 32.6 Å². The second-order valence-electron chi connectivity index (χ2n) is 10.1. The number of benzene rings is 1. The third-order valence-corrected chi connectivity index (χ3v) is 6.75. The smallest absolute Gasteiger partial charge is 0.408 e. The predicted octanol–water partition coefficient (Wildman–Crippen LogP) is 3.20. The van der Waals surface area contributed by atoms with E-state index in [2.05, 4.69) is 17.2 Å². The van der Waals surface area contributed by atoms with Crippen LogP contribution in [0.5, 0.6) is 0 Å². The van der Waals surface area contributed by atoms with Crippen molar-refractivity contribution in [3.63, 3.8) is 0 Å². The Hall–Kier alpha value is -3.34. The minimum absolute atomic E-state index is 0.0600. The number of nitrogens with one attached hydrogen (secondary N) is 2. The molecular weight excluding hydrogens is 691 g/mol. The summed E-state index contributed by atoms with van der Waals surface area (Å²) < 4.78 is 36.5. The number of rotatable bonds is 15. The van der Waals surface area contributed by atoms with Crippen molar-refractivity contribution in [2.45, 2.75) is 73.8 Å². The molecule has 1 aliphatic rings. The monoisotopic (exact) mass is 726 g/mol. The molecule has 3 N–H and O–H groups in total. The lowest BCUT2D eigenvalue weighted by molar-refractivity contribution is -0.396. The molecule has 0 radical (unpaired) electrons. The SMILES string of the molecule is C=CCOC(=O)NCCCC1(NC(=O)OCC(Cl)(Cl)Cl)[C@H](O)O[C@H](COC(C)=O)[C@@](OCc2ccccc2)(OC(C)=O)[C@@H]1OC(C)=O. The number of alkyl halides is 3. The zero-order chi connectivity index (χ0) is 35.3. The highest BCUT2D eigenvalue weighted by Gasteiger charge is 2.69. The lowest BCUT2D eigenvalue weighted by Gasteiger charge is -2.56. The Morgan fingerprint density at radius 2 is 1.68 bits per heavy atom. The summed E-state index contributed by atoms with van der Waals surface area (Å²) in [4.78, 5) is 62.4. The fourth-order valence-electron chi connectivity index (χ4n) is 4.62. The average molecular weight is 728 g/mol. The first kappa shape index (κ1) is 39.8. The summed E-state index contributed by atoms with van der Waals surface area (Å²) in [5, 5.41) is 16.5. The standard InChI is InChI=1S/C29H37Cl3N2O13/c1-5-14-41-25(39)33-13-9-12-27(34-26(40)43-17-28(30,31)32)23(45-19(3)36)29(47-20(4)37,44-15-21-10-7-6-8-11-21)22(46-24(27)38)16-42-18(2)35/h5-8,10-11,22-24,38H,1,9,12-17H2,2-4H3,(H,33,39)(H,34,40)/t22-,23-,24-,27?,29-/m1/s1. The third-order valence-electron chi connectivity index (χ3n) is 6.42. The number of esters is 3. The molecule has 18 heteroatoms. The lowest BCUT2D eigenvalue weighted by Crippen LogP contribution is -2.80. The van der Waals surface area contributed by atoms with E-state index in [0.717, 1.165) is 20.8 Å². The van der Waals surface area contributed by atoms with Gasteiger partial charge in [-0.1, -0.05) is 77.8 Å². The molecule has 1 aromatic carbocycles. The van der Waals surface area contributed by atoms with Crippen molar-refractivity contribution in [1.82, 2.24) is 10.6 Å². The second-order valence-corrected chi connectivity index (χ2v) is 12.6. The van der Waals surface area contributed by atoms with Gasteiger partial charge >= 0.3 is 30.1 Å². The number of carbonyl (C=O) groups is 5. The number of carbonyl (C=O) groups excluding carboxylic acids is 5. The summed E-state index contributed by atoms with van der Waals surface area (Å²) in [7, 11) is 0. The number of aliphatic hydroxyl groups is 1. The molecule has 0 spiro atoms. The van der Waals surface area contributed by atoms with E-state index < -0.39 is 76.9 Å². The molecule has 1 saturated heterocycles. The molecule has 1 heterocycles. The number of aliphatic hydroxyl groups excluding tert-OH is 1. The van der Waals surface area contributed by atoms with E-state index in [1.54, 1.807) is 30.3 Å². The fourth-order valence-corrected chi connectivity index (χ4v) is 4.78. The summed E-state index contributed by atoms with van der Waals surface area (Å²) >= 11 is 17.2. The van der Waals surface area contributed by atoms with Crippen LogP contribution in [0.1, 0.15) is 39.2 Å². The summed E-state index contributed by atoms with van der Waals surface area (Å²) in [6.07, 6.45) is -6.82. The number of ether oxygens (including phenoxy) is 7. The summed E-state index contributed by atoms with van der Waals surface area (Å²) in [5.41, 5.74) is -1.71. The number of hydrogen-bond acceptors (Lipinski definition) is 13. The number of alkyl carbamates (subject to hydrolysis) is 2. The summed E-state index contributed by atoms with van der Waals surface area (Å²) in [6.45, 7) is 4.70. The molecule has 1 aromatic rings. The molecule has 262 valence electrons. The van der Waals surface area contributed by atoms with Crippen LogP contribution in [0.3, 0.4) is 0 Å². The first-order valence-corrected chi connectivity index (χ1v) is 15.2. The van der Waals surface area contributed by atoms with Gasteiger partial charge in [-0.25, -0.2) is 9.59 Å². The fraction of sp³-hybridized carbons (Fsp3) is 0.552. The van der Waals surface area contributed by atoms with Crippen molar-refractivity contribution in [2.75, 3.05) is 26.4 Å². The Kier molecular flexibility index (Phi) is 15.5. The van der Waals surface area contributed by atoms with Crippen LogP contribution < -0.4 is 10.6 Å². The van der Waals surface area contributed by atoms with Crippen molar-refractivity contribution >= 4 is 64.9 Å². The summed E-state index contributed by atoms with van der Waals surface area (Å²) in [6, 6.07) is 8.52. The molecule has 15 nitrogen and oxygen atoms in total. The predicted molar refractivity (Wildman–Crippen MR) is 165 cm³/mol. The minimum Gasteiger partial charge on any atom is -0.463 e. The van der Waals surface area contributed by atoms with Gasteiger partial charge in [-0.05, 0) is 18.4 Å². The second kappa shape index (κ2) is 18.3. The normalized spacial score (nSPS) is 23.9. The van der Waals surface area contributed by atoms with E-state index in [1.165, 1.54) is 6.08 Å². The van der Waals surface area contributed by atoms with Crippen molar-refractivity contribution < 1.29 is 62.2 Å². The van der Waals surface area contributed by atoms with Crippen LogP contribution in [0.4, 0.5) is 9.59 Å². The summed E-state index contributed by atoms with van der Waals surface area (Å²) in [5.74, 6) is -5.21. The van der Waals surface area contributed by atoms with Gasteiger partial charge in [0.1, 0.15) is 25.4 Å². The lowest BCUT2D eigenvalue weighted by atomic mass is 9.77. The van der Waals surface area contributed by atoms with Gasteiger partial charge in [0, 0.05) is 27.3 Å². The Bertz CT molecular complexity index is 1250. The van der Waals surface area contributed by atoms with Crippen molar-refractivity contribution in [3.05, 3.63) is 48.6 Å². The van der Waals surface area contributed by atoms with Crippen LogP contribution in [-0.2, 0) is 54.1 Å². The van der Waals surface area contributed by atoms with Gasteiger partial charge in [0.15, 0.2) is 18.5 Å². The Morgan fingerprint density at radius 1 is 1.00 bits per heavy atom. The molecule has 0 bridgehead atoms. The molecule has 47 heavy (non-hydrogen) atoms. The van der Waals surface area contributed by atoms with Crippen LogP contribution in [0.15, 0.2) is 43.0 Å². The van der Waals surface area contributed by atoms with Gasteiger partial charge in [0.05, 0.1) is 6.61 Å². The molecule has 1 aliphatic heterocycles. The van der Waals surface area contributed by atoms with Crippen LogP contribution in [0, 0.1) is 0 Å². The van der Waals surface area contributed by atoms with Crippen LogP contribution in [0.2, 0.25) is 0 Å². The van der Waals surface area contributed by atoms with Gasteiger partial charge in [-0.2, -0.15) is 0 Å². The average Bonchev–Trinajstić information content (AvgIpc) is 2.98. The van der Waals surface area contributed by atoms with Crippen LogP contribution in [0.25, 0.3) is 0 Å². The maximum absolute atomic E-state index is 13.2. The van der Waals surface area contributed by atoms with E-state index in [9.17, 15) is 29.1 Å². The highest BCUT2D eigenvalue weighted by molar-refractivity contribution is 6.67. The molecule has 0 aliphatic carbocycles. The number of halogens is 3. The van der Waals surface area contributed by atoms with E-state index >= 15 is 0 Å². The molecule has 5 atom stereocenters. The van der Waals surface area contributed by atoms with E-state index in [4.69, 9.17) is 68.0 Å². The van der Waals surface area contributed by atoms with Crippen LogP contribution >= 0.6 is 34.8 Å². The largest absolute Gasteiger partial charge is 0.463 e. The quantitative estimate of drug-likeness (QED) is 0.0596. The maximum Gasteiger partial charge on any atom is 0.408 e. The molecule has 1 fully saturated rings. The highest BCUT2D eigenvalue weighted by atomic mass is 35.6. The first-order valence-electron chi connectivity index (χ1n) is 14.1. The van der Waals surface area contributed by atoms with Gasteiger partial charge in [0.25, 0.3) is 5.79 Å². The maximum atomic E-state index is 13.2. The number of hydrogen-bond donors (Lipinski definition) is 3. The molecule has 0 saturated carbocycles. The minimum atomic E-state index is -2.50. The Balaban J connectivity index is 2.71. The molecule has 1 unspecified atom stereocenters. The molecular formula is C29H37Cl3N2O13. The molecule has 2 rings (SSSR count). The Morgan fingerprint density at radius 3 is 2.26 bits per heavy atom. The zero-order valence-corrected chi connectivity index (χ0v) is 28.1. The van der Waals surface area contributed by atoms with Gasteiger partial charge in [-0.15, -0.1) is 0 Å². The van der Waals surface area contributed by atoms with Crippen molar-refractivity contribution in [2.24, 2.45) is 0 Å². The highest BCUT2D eigenvalue weighted by Crippen LogP contribution is 2.44.